The van der Waals surface area contributed by atoms with E-state index in [1.807, 2.05) is 12.1 Å². The summed E-state index contributed by atoms with van der Waals surface area (Å²) in [7, 11) is 1.78. The number of rotatable bonds is 3. The molecule has 0 aliphatic rings. The Labute approximate surface area is 91.0 Å². The Morgan fingerprint density at radius 1 is 1.40 bits per heavy atom. The molecule has 2 aromatic heterocycles. The van der Waals surface area contributed by atoms with Crippen LogP contribution in [0.15, 0.2) is 24.5 Å². The lowest BCUT2D eigenvalue weighted by molar-refractivity contribution is 0.112. The van der Waals surface area contributed by atoms with Gasteiger partial charge in [0.1, 0.15) is 5.69 Å². The van der Waals surface area contributed by atoms with Gasteiger partial charge in [0.05, 0.1) is 4.88 Å². The van der Waals surface area contributed by atoms with Gasteiger partial charge in [-0.05, 0) is 17.7 Å². The topological polar surface area (TPSA) is 54.9 Å². The number of thiazole rings is 1. The first-order valence-corrected chi connectivity index (χ1v) is 5.21. The van der Waals surface area contributed by atoms with Crippen molar-refractivity contribution in [1.82, 2.24) is 9.97 Å². The van der Waals surface area contributed by atoms with Gasteiger partial charge in [0.2, 0.25) is 0 Å². The van der Waals surface area contributed by atoms with E-state index in [1.54, 1.807) is 19.4 Å². The summed E-state index contributed by atoms with van der Waals surface area (Å²) in [5.74, 6) is 0. The lowest BCUT2D eigenvalue weighted by Crippen LogP contribution is -1.87. The number of aldehydes is 1. The number of pyridine rings is 1. The highest BCUT2D eigenvalue weighted by Crippen LogP contribution is 2.31. The predicted octanol–water partition coefficient (Wildman–Crippen LogP) is 2.06. The minimum absolute atomic E-state index is 0.468. The summed E-state index contributed by atoms with van der Waals surface area (Å²) in [5.41, 5.74) is 1.43. The van der Waals surface area contributed by atoms with Crippen molar-refractivity contribution in [3.63, 3.8) is 0 Å². The summed E-state index contributed by atoms with van der Waals surface area (Å²) < 4.78 is 0. The summed E-state index contributed by atoms with van der Waals surface area (Å²) >= 11 is 1.46. The first kappa shape index (κ1) is 9.79. The first-order valence-electron chi connectivity index (χ1n) is 4.39. The lowest BCUT2D eigenvalue weighted by atomic mass is 10.2. The van der Waals surface area contributed by atoms with Crippen LogP contribution in [-0.4, -0.2) is 23.3 Å². The van der Waals surface area contributed by atoms with Gasteiger partial charge in [-0.25, -0.2) is 4.98 Å². The van der Waals surface area contributed by atoms with E-state index in [-0.39, 0.29) is 0 Å². The molecule has 0 aliphatic heterocycles. The highest BCUT2D eigenvalue weighted by atomic mass is 32.1. The fourth-order valence-corrected chi connectivity index (χ4v) is 2.12. The molecule has 4 nitrogen and oxygen atoms in total. The molecule has 0 radical (unpaired) electrons. The number of hydrogen-bond acceptors (Lipinski definition) is 5. The van der Waals surface area contributed by atoms with E-state index in [0.29, 0.717) is 5.69 Å². The molecule has 0 saturated heterocycles. The van der Waals surface area contributed by atoms with Crippen LogP contribution in [0.5, 0.6) is 0 Å². The quantitative estimate of drug-likeness (QED) is 0.803. The first-order chi connectivity index (χ1) is 7.35. The molecular weight excluding hydrogens is 210 g/mol. The summed E-state index contributed by atoms with van der Waals surface area (Å²) in [4.78, 5) is 19.8. The third-order valence-electron chi connectivity index (χ3n) is 1.92. The highest BCUT2D eigenvalue weighted by Gasteiger charge is 2.11. The molecule has 0 amide bonds. The average Bonchev–Trinajstić information content (AvgIpc) is 2.73. The van der Waals surface area contributed by atoms with E-state index in [9.17, 15) is 4.79 Å². The average molecular weight is 219 g/mol. The minimum atomic E-state index is 0.468. The van der Waals surface area contributed by atoms with E-state index in [2.05, 4.69) is 15.3 Å². The molecule has 15 heavy (non-hydrogen) atoms. The number of nitrogens with one attached hydrogen (secondary N) is 1. The summed E-state index contributed by atoms with van der Waals surface area (Å²) in [6.45, 7) is 0. The van der Waals surface area contributed by atoms with Crippen LogP contribution in [0.1, 0.15) is 10.5 Å². The van der Waals surface area contributed by atoms with Crippen molar-refractivity contribution in [3.05, 3.63) is 30.2 Å². The maximum atomic E-state index is 10.8. The van der Waals surface area contributed by atoms with Crippen LogP contribution in [0.4, 0.5) is 5.13 Å². The van der Waals surface area contributed by atoms with Crippen molar-refractivity contribution >= 4 is 22.8 Å². The van der Waals surface area contributed by atoms with E-state index in [1.165, 1.54) is 11.3 Å². The molecule has 0 saturated carbocycles. The Bertz CT molecular complexity index is 467. The molecule has 0 bridgehead atoms. The summed E-state index contributed by atoms with van der Waals surface area (Å²) in [6, 6.07) is 3.72. The maximum Gasteiger partial charge on any atom is 0.183 e. The van der Waals surface area contributed by atoms with E-state index in [4.69, 9.17) is 0 Å². The predicted molar refractivity (Wildman–Crippen MR) is 60.3 cm³/mol. The Kier molecular flexibility index (Phi) is 2.73. The zero-order valence-electron chi connectivity index (χ0n) is 8.10. The molecule has 76 valence electrons. The van der Waals surface area contributed by atoms with Gasteiger partial charge in [0.25, 0.3) is 0 Å². The third kappa shape index (κ3) is 1.87. The number of hydrogen-bond donors (Lipinski definition) is 1. The van der Waals surface area contributed by atoms with Gasteiger partial charge in [-0.2, -0.15) is 0 Å². The van der Waals surface area contributed by atoms with Gasteiger partial charge in [-0.1, -0.05) is 11.3 Å². The smallest absolute Gasteiger partial charge is 0.183 e. The van der Waals surface area contributed by atoms with Gasteiger partial charge in [0, 0.05) is 19.4 Å². The van der Waals surface area contributed by atoms with Crippen LogP contribution in [-0.2, 0) is 0 Å². The molecule has 5 heteroatoms. The van der Waals surface area contributed by atoms with E-state index >= 15 is 0 Å². The highest BCUT2D eigenvalue weighted by molar-refractivity contribution is 7.19. The normalized spacial score (nSPS) is 9.93. The van der Waals surface area contributed by atoms with Gasteiger partial charge < -0.3 is 5.32 Å². The van der Waals surface area contributed by atoms with Gasteiger partial charge in [-0.3, -0.25) is 9.78 Å². The standard InChI is InChI=1S/C10H9N3OS/c1-11-10-13-8(6-14)9(15-10)7-2-4-12-5-3-7/h2-6H,1H3,(H,11,13). The second-order valence-corrected chi connectivity index (χ2v) is 3.84. The van der Waals surface area contributed by atoms with Crippen molar-refractivity contribution in [2.24, 2.45) is 0 Å². The number of carbonyl (C=O) groups excluding carboxylic acids is 1. The number of anilines is 1. The zero-order valence-corrected chi connectivity index (χ0v) is 8.91. The molecule has 0 aliphatic carbocycles. The molecule has 2 rings (SSSR count). The van der Waals surface area contributed by atoms with Crippen molar-refractivity contribution in [3.8, 4) is 10.4 Å². The molecule has 0 atom stereocenters. The van der Waals surface area contributed by atoms with Crippen molar-refractivity contribution in [2.45, 2.75) is 0 Å². The van der Waals surface area contributed by atoms with Gasteiger partial charge in [0.15, 0.2) is 11.4 Å². The fraction of sp³-hybridized carbons (Fsp3) is 0.100. The molecule has 0 unspecified atom stereocenters. The number of carbonyl (C=O) groups is 1. The van der Waals surface area contributed by atoms with Crippen LogP contribution in [0.3, 0.4) is 0 Å². The molecule has 0 spiro atoms. The Hall–Kier alpha value is -1.75. The minimum Gasteiger partial charge on any atom is -0.365 e. The second-order valence-electron chi connectivity index (χ2n) is 2.84. The maximum absolute atomic E-state index is 10.8. The second kappa shape index (κ2) is 4.18. The van der Waals surface area contributed by atoms with Crippen LogP contribution in [0.25, 0.3) is 10.4 Å². The summed E-state index contributed by atoms with van der Waals surface area (Å²) in [6.07, 6.45) is 4.17. The third-order valence-corrected chi connectivity index (χ3v) is 3.06. The van der Waals surface area contributed by atoms with Crippen LogP contribution in [0.2, 0.25) is 0 Å². The monoisotopic (exact) mass is 219 g/mol. The van der Waals surface area contributed by atoms with Crippen molar-refractivity contribution < 1.29 is 4.79 Å². The van der Waals surface area contributed by atoms with Gasteiger partial charge >= 0.3 is 0 Å². The Morgan fingerprint density at radius 3 is 2.73 bits per heavy atom. The molecular formula is C10H9N3OS. The molecule has 2 aromatic rings. The van der Waals surface area contributed by atoms with Crippen LogP contribution in [0, 0.1) is 0 Å². The van der Waals surface area contributed by atoms with E-state index < -0.39 is 0 Å². The largest absolute Gasteiger partial charge is 0.365 e. The Morgan fingerprint density at radius 2 is 2.13 bits per heavy atom. The van der Waals surface area contributed by atoms with E-state index in [0.717, 1.165) is 21.9 Å². The number of aromatic nitrogens is 2. The zero-order chi connectivity index (χ0) is 10.7. The SMILES string of the molecule is CNc1nc(C=O)c(-c2ccncc2)s1. The van der Waals surface area contributed by atoms with Crippen LogP contribution >= 0.6 is 11.3 Å². The van der Waals surface area contributed by atoms with Crippen LogP contribution < -0.4 is 5.32 Å². The van der Waals surface area contributed by atoms with Crippen molar-refractivity contribution in [1.29, 1.82) is 0 Å². The summed E-state index contributed by atoms with van der Waals surface area (Å²) in [5, 5.41) is 3.66. The fourth-order valence-electron chi connectivity index (χ4n) is 1.23. The molecule has 0 fully saturated rings. The molecule has 0 aromatic carbocycles. The molecule has 1 N–H and O–H groups in total. The Balaban J connectivity index is 2.52. The van der Waals surface area contributed by atoms with Gasteiger partial charge in [-0.15, -0.1) is 0 Å². The lowest BCUT2D eigenvalue weighted by Gasteiger charge is -1.95. The molecule has 2 heterocycles. The number of nitrogens with zero attached hydrogens (tertiary/aromatic N) is 2. The van der Waals surface area contributed by atoms with Crippen molar-refractivity contribution in [2.75, 3.05) is 12.4 Å².